The van der Waals surface area contributed by atoms with Crippen LogP contribution in [0.3, 0.4) is 0 Å². The fourth-order valence-corrected chi connectivity index (χ4v) is 5.93. The standard InChI is InChI=1S/C22H20F3NO2/c23-22(24,25)14-4-1-3-13(10-14)19-18-12-8-7-11(9-12)17(18)15-5-2-6-16(21(27)28)20(15)26-19/h1-6,10-12,17-19,26H,7-9H2,(H,27,28)/t11-,12+,17+,18-,19-/m0/s1. The summed E-state index contributed by atoms with van der Waals surface area (Å²) in [5.41, 5.74) is 1.70. The largest absolute Gasteiger partial charge is 0.478 e. The van der Waals surface area contributed by atoms with Crippen LogP contribution in [0.15, 0.2) is 42.5 Å². The Bertz CT molecular complexity index is 955. The Hall–Kier alpha value is -2.50. The number of rotatable bonds is 2. The van der Waals surface area contributed by atoms with Crippen LogP contribution in [-0.2, 0) is 6.18 Å². The molecule has 5 atom stereocenters. The summed E-state index contributed by atoms with van der Waals surface area (Å²) in [5, 5.41) is 13.0. The third kappa shape index (κ3) is 2.54. The van der Waals surface area contributed by atoms with Crippen molar-refractivity contribution in [3.05, 3.63) is 64.7 Å². The fraction of sp³-hybridized carbons (Fsp3) is 0.409. The quantitative estimate of drug-likeness (QED) is 0.695. The number of nitrogens with one attached hydrogen (secondary N) is 1. The van der Waals surface area contributed by atoms with Gasteiger partial charge in [-0.3, -0.25) is 0 Å². The van der Waals surface area contributed by atoms with Crippen LogP contribution in [-0.4, -0.2) is 11.1 Å². The van der Waals surface area contributed by atoms with Crippen LogP contribution in [0.1, 0.15) is 58.3 Å². The maximum atomic E-state index is 13.3. The van der Waals surface area contributed by atoms with E-state index in [0.717, 1.165) is 30.9 Å². The van der Waals surface area contributed by atoms with Gasteiger partial charge in [-0.2, -0.15) is 13.2 Å². The molecule has 2 aliphatic carbocycles. The predicted octanol–water partition coefficient (Wildman–Crippen LogP) is 5.70. The third-order valence-electron chi connectivity index (χ3n) is 6.92. The molecule has 3 aliphatic rings. The summed E-state index contributed by atoms with van der Waals surface area (Å²) in [5.74, 6) is 0.318. The number of aromatic carboxylic acids is 1. The van der Waals surface area contributed by atoms with Crippen molar-refractivity contribution in [2.45, 2.75) is 37.4 Å². The van der Waals surface area contributed by atoms with Gasteiger partial charge in [-0.25, -0.2) is 4.79 Å². The number of benzene rings is 2. The Morgan fingerprint density at radius 3 is 2.57 bits per heavy atom. The van der Waals surface area contributed by atoms with Crippen LogP contribution in [0.4, 0.5) is 18.9 Å². The predicted molar refractivity (Wildman–Crippen MR) is 98.3 cm³/mol. The van der Waals surface area contributed by atoms with Crippen LogP contribution in [0, 0.1) is 17.8 Å². The summed E-state index contributed by atoms with van der Waals surface area (Å²) in [6.07, 6.45) is -1.12. The van der Waals surface area contributed by atoms with Crippen molar-refractivity contribution in [1.82, 2.24) is 0 Å². The van der Waals surface area contributed by atoms with Crippen molar-refractivity contribution in [1.29, 1.82) is 0 Å². The maximum absolute atomic E-state index is 13.3. The number of halogens is 3. The molecule has 1 heterocycles. The molecule has 2 aromatic rings. The van der Waals surface area contributed by atoms with E-state index >= 15 is 0 Å². The van der Waals surface area contributed by atoms with Gasteiger partial charge in [0.05, 0.1) is 22.9 Å². The average molecular weight is 387 g/mol. The van der Waals surface area contributed by atoms with E-state index in [1.165, 1.54) is 12.1 Å². The summed E-state index contributed by atoms with van der Waals surface area (Å²) < 4.78 is 39.8. The van der Waals surface area contributed by atoms with Gasteiger partial charge in [-0.1, -0.05) is 24.3 Å². The van der Waals surface area contributed by atoms with Crippen LogP contribution in [0.5, 0.6) is 0 Å². The fourth-order valence-electron chi connectivity index (χ4n) is 5.93. The molecule has 3 nitrogen and oxygen atoms in total. The molecule has 1 aliphatic heterocycles. The normalized spacial score (nSPS) is 30.5. The first-order valence-electron chi connectivity index (χ1n) is 9.64. The molecule has 0 radical (unpaired) electrons. The first-order valence-corrected chi connectivity index (χ1v) is 9.64. The smallest absolute Gasteiger partial charge is 0.416 e. The molecule has 0 amide bonds. The lowest BCUT2D eigenvalue weighted by Gasteiger charge is -2.44. The van der Waals surface area contributed by atoms with Gasteiger partial charge in [-0.05, 0) is 72.3 Å². The highest BCUT2D eigenvalue weighted by Crippen LogP contribution is 2.64. The van der Waals surface area contributed by atoms with Gasteiger partial charge in [0, 0.05) is 0 Å². The minimum absolute atomic E-state index is 0.190. The minimum atomic E-state index is -4.40. The van der Waals surface area contributed by atoms with Crippen molar-refractivity contribution in [2.24, 2.45) is 17.8 Å². The van der Waals surface area contributed by atoms with Crippen LogP contribution in [0.25, 0.3) is 0 Å². The van der Waals surface area contributed by atoms with Gasteiger partial charge in [-0.15, -0.1) is 0 Å². The van der Waals surface area contributed by atoms with Crippen molar-refractivity contribution in [3.63, 3.8) is 0 Å². The molecule has 2 fully saturated rings. The molecule has 2 saturated carbocycles. The zero-order valence-corrected chi connectivity index (χ0v) is 15.0. The molecule has 2 N–H and O–H groups in total. The minimum Gasteiger partial charge on any atom is -0.478 e. The first-order chi connectivity index (χ1) is 13.3. The summed E-state index contributed by atoms with van der Waals surface area (Å²) >= 11 is 0. The summed E-state index contributed by atoms with van der Waals surface area (Å²) in [7, 11) is 0. The highest BCUT2D eigenvalue weighted by atomic mass is 19.4. The zero-order chi connectivity index (χ0) is 19.6. The lowest BCUT2D eigenvalue weighted by atomic mass is 9.67. The van der Waals surface area contributed by atoms with E-state index in [-0.39, 0.29) is 23.4 Å². The SMILES string of the molecule is O=C(O)c1cccc2c1N[C@@H](c1cccc(C(F)(F)F)c1)[C@H]1[C@@H]3CC[C@@H](C3)[C@H]21. The Morgan fingerprint density at radius 2 is 1.82 bits per heavy atom. The number of hydrogen-bond donors (Lipinski definition) is 2. The second-order valence-corrected chi connectivity index (χ2v) is 8.26. The number of hydrogen-bond acceptors (Lipinski definition) is 2. The van der Waals surface area contributed by atoms with E-state index in [1.54, 1.807) is 18.2 Å². The van der Waals surface area contributed by atoms with Gasteiger partial charge in [0.2, 0.25) is 0 Å². The van der Waals surface area contributed by atoms with Gasteiger partial charge in [0.15, 0.2) is 0 Å². The topological polar surface area (TPSA) is 49.3 Å². The molecule has 0 saturated heterocycles. The molecular formula is C22H20F3NO2. The Balaban J connectivity index is 1.65. The molecule has 146 valence electrons. The monoisotopic (exact) mass is 387 g/mol. The van der Waals surface area contributed by atoms with Crippen LogP contribution in [0.2, 0.25) is 0 Å². The Labute approximate surface area is 160 Å². The van der Waals surface area contributed by atoms with Crippen molar-refractivity contribution >= 4 is 11.7 Å². The van der Waals surface area contributed by atoms with Gasteiger partial charge < -0.3 is 10.4 Å². The maximum Gasteiger partial charge on any atom is 0.416 e. The molecule has 6 heteroatoms. The molecular weight excluding hydrogens is 367 g/mol. The van der Waals surface area contributed by atoms with E-state index in [4.69, 9.17) is 0 Å². The number of anilines is 1. The third-order valence-corrected chi connectivity index (χ3v) is 6.92. The number of fused-ring (bicyclic) bond motifs is 7. The molecule has 0 aromatic heterocycles. The molecule has 0 unspecified atom stereocenters. The second-order valence-electron chi connectivity index (χ2n) is 8.26. The molecule has 2 bridgehead atoms. The molecule has 5 rings (SSSR count). The van der Waals surface area contributed by atoms with E-state index in [9.17, 15) is 23.1 Å². The van der Waals surface area contributed by atoms with E-state index in [0.29, 0.717) is 23.1 Å². The Morgan fingerprint density at radius 1 is 1.07 bits per heavy atom. The highest BCUT2D eigenvalue weighted by Gasteiger charge is 2.54. The zero-order valence-electron chi connectivity index (χ0n) is 15.0. The molecule has 2 aromatic carbocycles. The van der Waals surface area contributed by atoms with Gasteiger partial charge >= 0.3 is 12.1 Å². The summed E-state index contributed by atoms with van der Waals surface area (Å²) in [4.78, 5) is 11.8. The van der Waals surface area contributed by atoms with E-state index in [1.807, 2.05) is 6.07 Å². The number of carbonyl (C=O) groups is 1. The van der Waals surface area contributed by atoms with E-state index < -0.39 is 17.7 Å². The highest BCUT2D eigenvalue weighted by molar-refractivity contribution is 5.95. The summed E-state index contributed by atoms with van der Waals surface area (Å²) in [6, 6.07) is 10.5. The van der Waals surface area contributed by atoms with Gasteiger partial charge in [0.25, 0.3) is 0 Å². The number of alkyl halides is 3. The van der Waals surface area contributed by atoms with Crippen LogP contribution >= 0.6 is 0 Å². The first kappa shape index (κ1) is 17.6. The number of carboxylic acids is 1. The Kier molecular flexibility index (Phi) is 3.77. The molecule has 0 spiro atoms. The van der Waals surface area contributed by atoms with Gasteiger partial charge in [0.1, 0.15) is 0 Å². The van der Waals surface area contributed by atoms with E-state index in [2.05, 4.69) is 5.32 Å². The lowest BCUT2D eigenvalue weighted by Crippen LogP contribution is -2.36. The second kappa shape index (κ2) is 6.00. The lowest BCUT2D eigenvalue weighted by molar-refractivity contribution is -0.137. The number of carboxylic acid groups (broad SMARTS) is 1. The number of para-hydroxylation sites is 1. The van der Waals surface area contributed by atoms with Crippen molar-refractivity contribution in [2.75, 3.05) is 5.32 Å². The van der Waals surface area contributed by atoms with Crippen LogP contribution < -0.4 is 5.32 Å². The summed E-state index contributed by atoms with van der Waals surface area (Å²) in [6.45, 7) is 0. The average Bonchev–Trinajstić information content (AvgIpc) is 3.28. The van der Waals surface area contributed by atoms with Crippen molar-refractivity contribution < 1.29 is 23.1 Å². The van der Waals surface area contributed by atoms with Crippen molar-refractivity contribution in [3.8, 4) is 0 Å². The molecule has 28 heavy (non-hydrogen) atoms.